The number of anilines is 1. The molecule has 1 aromatic carbocycles. The number of nitrogens with one attached hydrogen (secondary N) is 1. The number of hydrogen-bond donors (Lipinski definition) is 2. The quantitative estimate of drug-likeness (QED) is 0.852. The molecule has 0 unspecified atom stereocenters. The van der Waals surface area contributed by atoms with Gasteiger partial charge in [0.15, 0.2) is 0 Å². The van der Waals surface area contributed by atoms with Gasteiger partial charge in [-0.25, -0.2) is 13.6 Å². The summed E-state index contributed by atoms with van der Waals surface area (Å²) in [6.07, 6.45) is 5.67. The summed E-state index contributed by atoms with van der Waals surface area (Å²) < 4.78 is 27.4. The summed E-state index contributed by atoms with van der Waals surface area (Å²) in [6.45, 7) is 2.75. The number of rotatable bonds is 5. The van der Waals surface area contributed by atoms with Gasteiger partial charge in [0.1, 0.15) is 17.3 Å². The third-order valence-electron chi connectivity index (χ3n) is 4.28. The molecule has 21 heavy (non-hydrogen) atoms. The maximum Gasteiger partial charge on any atom is 0.335 e. The first-order valence-electron chi connectivity index (χ1n) is 7.43. The van der Waals surface area contributed by atoms with Crippen molar-refractivity contribution in [1.82, 2.24) is 0 Å². The van der Waals surface area contributed by atoms with Crippen LogP contribution in [-0.2, 0) is 0 Å². The molecule has 0 bridgehead atoms. The Labute approximate surface area is 123 Å². The molecule has 1 fully saturated rings. The van der Waals surface area contributed by atoms with Crippen LogP contribution in [0.5, 0.6) is 0 Å². The van der Waals surface area contributed by atoms with Gasteiger partial charge in [-0.2, -0.15) is 0 Å². The zero-order chi connectivity index (χ0) is 15.4. The topological polar surface area (TPSA) is 49.3 Å². The number of hydrogen-bond acceptors (Lipinski definition) is 2. The van der Waals surface area contributed by atoms with E-state index in [2.05, 4.69) is 12.2 Å². The fourth-order valence-electron chi connectivity index (χ4n) is 2.88. The van der Waals surface area contributed by atoms with Crippen LogP contribution in [-0.4, -0.2) is 17.6 Å². The van der Waals surface area contributed by atoms with Gasteiger partial charge in [0, 0.05) is 6.54 Å². The van der Waals surface area contributed by atoms with E-state index in [-0.39, 0.29) is 11.3 Å². The Balaban J connectivity index is 1.90. The largest absolute Gasteiger partial charge is 0.478 e. The van der Waals surface area contributed by atoms with Crippen LogP contribution in [0.2, 0.25) is 0 Å². The summed E-state index contributed by atoms with van der Waals surface area (Å²) in [7, 11) is 0. The maximum atomic E-state index is 13.7. The van der Waals surface area contributed by atoms with Crippen LogP contribution in [0.1, 0.15) is 49.4 Å². The number of aromatic carboxylic acids is 1. The van der Waals surface area contributed by atoms with Crippen molar-refractivity contribution < 1.29 is 18.7 Å². The van der Waals surface area contributed by atoms with E-state index in [1.54, 1.807) is 0 Å². The maximum absolute atomic E-state index is 13.7. The molecule has 0 amide bonds. The molecule has 2 N–H and O–H groups in total. The van der Waals surface area contributed by atoms with Crippen LogP contribution in [0.4, 0.5) is 14.5 Å². The summed E-state index contributed by atoms with van der Waals surface area (Å²) in [6, 6.07) is 1.69. The summed E-state index contributed by atoms with van der Waals surface area (Å²) in [5.41, 5.74) is -0.610. The zero-order valence-electron chi connectivity index (χ0n) is 12.2. The van der Waals surface area contributed by atoms with Gasteiger partial charge in [0.2, 0.25) is 0 Å². The Hall–Kier alpha value is -1.65. The highest BCUT2D eigenvalue weighted by Gasteiger charge is 2.19. The van der Waals surface area contributed by atoms with Gasteiger partial charge in [0.25, 0.3) is 0 Å². The van der Waals surface area contributed by atoms with E-state index in [1.165, 1.54) is 25.7 Å². The first kappa shape index (κ1) is 15.7. The lowest BCUT2D eigenvalue weighted by atomic mass is 9.81. The van der Waals surface area contributed by atoms with E-state index in [0.717, 1.165) is 24.5 Å². The molecule has 0 atom stereocenters. The number of carboxylic acid groups (broad SMARTS) is 1. The standard InChI is InChI=1S/C16H21F2NO2/c1-10-2-4-11(5-3-10)6-7-19-15-13(17)8-12(16(20)21)9-14(15)18/h8-11,19H,2-7H2,1H3,(H,20,21). The van der Waals surface area contributed by atoms with Gasteiger partial charge in [-0.1, -0.05) is 32.6 Å². The van der Waals surface area contributed by atoms with Crippen LogP contribution in [0.3, 0.4) is 0 Å². The van der Waals surface area contributed by atoms with E-state index >= 15 is 0 Å². The van der Waals surface area contributed by atoms with Gasteiger partial charge in [-0.3, -0.25) is 0 Å². The van der Waals surface area contributed by atoms with E-state index < -0.39 is 17.6 Å². The summed E-state index contributed by atoms with van der Waals surface area (Å²) in [5, 5.41) is 11.5. The van der Waals surface area contributed by atoms with Crippen LogP contribution in [0.15, 0.2) is 12.1 Å². The zero-order valence-corrected chi connectivity index (χ0v) is 12.2. The molecule has 2 rings (SSSR count). The van der Waals surface area contributed by atoms with E-state index in [4.69, 9.17) is 5.11 Å². The molecular weight excluding hydrogens is 276 g/mol. The minimum atomic E-state index is -1.34. The third-order valence-corrected chi connectivity index (χ3v) is 4.28. The number of carboxylic acids is 1. The van der Waals surface area contributed by atoms with Crippen molar-refractivity contribution in [3.63, 3.8) is 0 Å². The molecule has 1 saturated carbocycles. The lowest BCUT2D eigenvalue weighted by Gasteiger charge is -2.26. The van der Waals surface area contributed by atoms with E-state index in [9.17, 15) is 13.6 Å². The van der Waals surface area contributed by atoms with Gasteiger partial charge in [-0.15, -0.1) is 0 Å². The molecule has 1 aromatic rings. The minimum absolute atomic E-state index is 0.232. The van der Waals surface area contributed by atoms with Crippen LogP contribution >= 0.6 is 0 Å². The van der Waals surface area contributed by atoms with Gasteiger partial charge in [-0.05, 0) is 30.4 Å². The summed E-state index contributed by atoms with van der Waals surface area (Å²) >= 11 is 0. The average molecular weight is 297 g/mol. The second-order valence-electron chi connectivity index (χ2n) is 5.96. The molecule has 1 aliphatic carbocycles. The van der Waals surface area contributed by atoms with Crippen molar-refractivity contribution in [3.8, 4) is 0 Å². The van der Waals surface area contributed by atoms with Crippen molar-refractivity contribution >= 4 is 11.7 Å². The Kier molecular flexibility index (Phi) is 5.15. The van der Waals surface area contributed by atoms with Crippen molar-refractivity contribution in [2.24, 2.45) is 11.8 Å². The summed E-state index contributed by atoms with van der Waals surface area (Å²) in [4.78, 5) is 10.7. The Bertz CT molecular complexity index is 488. The molecule has 5 heteroatoms. The molecule has 116 valence electrons. The molecule has 0 heterocycles. The van der Waals surface area contributed by atoms with Crippen LogP contribution in [0.25, 0.3) is 0 Å². The Morgan fingerprint density at radius 3 is 2.33 bits per heavy atom. The lowest BCUT2D eigenvalue weighted by molar-refractivity contribution is 0.0696. The smallest absolute Gasteiger partial charge is 0.335 e. The minimum Gasteiger partial charge on any atom is -0.478 e. The molecule has 3 nitrogen and oxygen atoms in total. The average Bonchev–Trinajstić information content (AvgIpc) is 2.43. The summed E-state index contributed by atoms with van der Waals surface area (Å²) in [5.74, 6) is -1.66. The van der Waals surface area contributed by atoms with Crippen molar-refractivity contribution in [1.29, 1.82) is 0 Å². The highest BCUT2D eigenvalue weighted by Crippen LogP contribution is 2.30. The SMILES string of the molecule is CC1CCC(CCNc2c(F)cc(C(=O)O)cc2F)CC1. The normalized spacial score (nSPS) is 22.0. The van der Waals surface area contributed by atoms with Crippen molar-refractivity contribution in [2.75, 3.05) is 11.9 Å². The molecule has 0 saturated heterocycles. The highest BCUT2D eigenvalue weighted by atomic mass is 19.1. The lowest BCUT2D eigenvalue weighted by Crippen LogP contribution is -2.16. The molecule has 1 aliphatic rings. The first-order valence-corrected chi connectivity index (χ1v) is 7.43. The molecule has 0 spiro atoms. The second kappa shape index (κ2) is 6.87. The second-order valence-corrected chi connectivity index (χ2v) is 5.96. The van der Waals surface area contributed by atoms with Gasteiger partial charge < -0.3 is 10.4 Å². The fourth-order valence-corrected chi connectivity index (χ4v) is 2.88. The van der Waals surface area contributed by atoms with E-state index in [1.807, 2.05) is 0 Å². The number of carbonyl (C=O) groups is 1. The monoisotopic (exact) mass is 297 g/mol. The predicted molar refractivity (Wildman–Crippen MR) is 77.5 cm³/mol. The van der Waals surface area contributed by atoms with E-state index in [0.29, 0.717) is 12.5 Å². The number of halogens is 2. The van der Waals surface area contributed by atoms with Crippen LogP contribution in [0, 0.1) is 23.5 Å². The van der Waals surface area contributed by atoms with Crippen LogP contribution < -0.4 is 5.32 Å². The Morgan fingerprint density at radius 2 is 1.81 bits per heavy atom. The first-order chi connectivity index (χ1) is 9.97. The molecule has 0 aliphatic heterocycles. The van der Waals surface area contributed by atoms with Crippen molar-refractivity contribution in [2.45, 2.75) is 39.0 Å². The van der Waals surface area contributed by atoms with Gasteiger partial charge in [0.05, 0.1) is 5.56 Å². The fraction of sp³-hybridized carbons (Fsp3) is 0.562. The van der Waals surface area contributed by atoms with Gasteiger partial charge >= 0.3 is 5.97 Å². The molecule has 0 radical (unpaired) electrons. The highest BCUT2D eigenvalue weighted by molar-refractivity contribution is 5.88. The third kappa shape index (κ3) is 4.16. The molecule has 0 aromatic heterocycles. The number of benzene rings is 1. The van der Waals surface area contributed by atoms with Crippen molar-refractivity contribution in [3.05, 3.63) is 29.3 Å². The Morgan fingerprint density at radius 1 is 1.24 bits per heavy atom. The predicted octanol–water partition coefficient (Wildman–Crippen LogP) is 4.29. The molecular formula is C16H21F2NO2.